The van der Waals surface area contributed by atoms with E-state index in [0.29, 0.717) is 25.7 Å². The van der Waals surface area contributed by atoms with Crippen LogP contribution in [0.2, 0.25) is 0 Å². The Bertz CT molecular complexity index is 707. The second-order valence-electron chi connectivity index (χ2n) is 7.66. The minimum Gasteiger partial charge on any atom is -0.339 e. The topological polar surface area (TPSA) is 55.9 Å². The monoisotopic (exact) mass is 394 g/mol. The lowest BCUT2D eigenvalue weighted by molar-refractivity contribution is -0.136. The van der Waals surface area contributed by atoms with Gasteiger partial charge >= 0.3 is 0 Å². The zero-order chi connectivity index (χ0) is 20.1. The fraction of sp³-hybridized carbons (Fsp3) is 0.600. The average Bonchev–Trinajstić information content (AvgIpc) is 2.66. The third kappa shape index (κ3) is 5.48. The first-order chi connectivity index (χ1) is 13.4. The van der Waals surface area contributed by atoms with Crippen LogP contribution in [0.15, 0.2) is 18.2 Å². The SMILES string of the molecule is C[C@H]1CCCCN1C(=O)CN1CCN(CC(=O)Nc2ccc(F)c(F)c2)CC1. The van der Waals surface area contributed by atoms with Gasteiger partial charge in [0.05, 0.1) is 13.1 Å². The Hall–Kier alpha value is -2.06. The highest BCUT2D eigenvalue weighted by molar-refractivity contribution is 5.92. The predicted octanol–water partition coefficient (Wildman–Crippen LogP) is 1.92. The van der Waals surface area contributed by atoms with E-state index >= 15 is 0 Å². The molecular weight excluding hydrogens is 366 g/mol. The van der Waals surface area contributed by atoms with Gasteiger partial charge in [-0.3, -0.25) is 19.4 Å². The Morgan fingerprint density at radius 2 is 1.68 bits per heavy atom. The van der Waals surface area contributed by atoms with E-state index in [4.69, 9.17) is 0 Å². The van der Waals surface area contributed by atoms with E-state index in [0.717, 1.165) is 44.6 Å². The quantitative estimate of drug-likeness (QED) is 0.829. The number of likely N-dealkylation sites (tertiary alicyclic amines) is 1. The number of piperidine rings is 1. The van der Waals surface area contributed by atoms with Crippen molar-refractivity contribution >= 4 is 17.5 Å². The fourth-order valence-corrected chi connectivity index (χ4v) is 3.83. The number of amides is 2. The second-order valence-corrected chi connectivity index (χ2v) is 7.66. The van der Waals surface area contributed by atoms with Crippen LogP contribution in [0.4, 0.5) is 14.5 Å². The molecule has 2 amide bonds. The zero-order valence-corrected chi connectivity index (χ0v) is 16.3. The van der Waals surface area contributed by atoms with Gasteiger partial charge in [-0.25, -0.2) is 8.78 Å². The standard InChI is InChI=1S/C20H28F2N4O2/c1-15-4-2-3-7-26(15)20(28)14-25-10-8-24(9-11-25)13-19(27)23-16-5-6-17(21)18(22)12-16/h5-6,12,15H,2-4,7-11,13-14H2,1H3,(H,23,27)/t15-/m0/s1. The Kier molecular flexibility index (Phi) is 6.96. The molecule has 0 bridgehead atoms. The molecule has 0 unspecified atom stereocenters. The maximum absolute atomic E-state index is 13.2. The smallest absolute Gasteiger partial charge is 0.238 e. The highest BCUT2D eigenvalue weighted by atomic mass is 19.2. The number of nitrogens with one attached hydrogen (secondary N) is 1. The summed E-state index contributed by atoms with van der Waals surface area (Å²) in [6, 6.07) is 3.62. The highest BCUT2D eigenvalue weighted by Crippen LogP contribution is 2.17. The van der Waals surface area contributed by atoms with Crippen LogP contribution in [-0.4, -0.2) is 78.4 Å². The lowest BCUT2D eigenvalue weighted by Gasteiger charge is -2.37. The average molecular weight is 394 g/mol. The van der Waals surface area contributed by atoms with E-state index in [1.54, 1.807) is 0 Å². The number of hydrogen-bond donors (Lipinski definition) is 1. The zero-order valence-electron chi connectivity index (χ0n) is 16.3. The van der Waals surface area contributed by atoms with Gasteiger partial charge in [0.1, 0.15) is 0 Å². The molecule has 0 aliphatic carbocycles. The normalized spacial score (nSPS) is 21.5. The van der Waals surface area contributed by atoms with Crippen LogP contribution >= 0.6 is 0 Å². The van der Waals surface area contributed by atoms with Crippen LogP contribution in [0, 0.1) is 11.6 Å². The molecule has 0 spiro atoms. The molecule has 6 nitrogen and oxygen atoms in total. The van der Waals surface area contributed by atoms with Crippen LogP contribution in [-0.2, 0) is 9.59 Å². The molecule has 2 saturated heterocycles. The maximum atomic E-state index is 13.2. The van der Waals surface area contributed by atoms with Crippen molar-refractivity contribution in [2.45, 2.75) is 32.2 Å². The largest absolute Gasteiger partial charge is 0.339 e. The lowest BCUT2D eigenvalue weighted by atomic mass is 10.0. The molecule has 28 heavy (non-hydrogen) atoms. The summed E-state index contributed by atoms with van der Waals surface area (Å²) in [5.41, 5.74) is 0.240. The van der Waals surface area contributed by atoms with Crippen molar-refractivity contribution < 1.29 is 18.4 Å². The number of nitrogens with zero attached hydrogens (tertiary/aromatic N) is 3. The Labute approximate surface area is 164 Å². The van der Waals surface area contributed by atoms with Crippen LogP contribution in [0.5, 0.6) is 0 Å². The summed E-state index contributed by atoms with van der Waals surface area (Å²) in [6.45, 7) is 6.41. The van der Waals surface area contributed by atoms with E-state index in [1.807, 2.05) is 9.80 Å². The Balaban J connectivity index is 1.40. The van der Waals surface area contributed by atoms with E-state index in [-0.39, 0.29) is 24.0 Å². The molecule has 2 aliphatic heterocycles. The first kappa shape index (κ1) is 20.7. The third-order valence-corrected chi connectivity index (χ3v) is 5.52. The van der Waals surface area contributed by atoms with Gasteiger partial charge in [-0.05, 0) is 38.3 Å². The molecule has 0 radical (unpaired) electrons. The van der Waals surface area contributed by atoms with E-state index in [9.17, 15) is 18.4 Å². The number of anilines is 1. The van der Waals surface area contributed by atoms with Gasteiger partial charge in [0.25, 0.3) is 0 Å². The maximum Gasteiger partial charge on any atom is 0.238 e. The van der Waals surface area contributed by atoms with Gasteiger partial charge in [0.15, 0.2) is 11.6 Å². The molecular formula is C20H28F2N4O2. The molecule has 1 atom stereocenters. The van der Waals surface area contributed by atoms with Gasteiger partial charge in [0.2, 0.25) is 11.8 Å². The number of carbonyl (C=O) groups excluding carboxylic acids is 2. The van der Waals surface area contributed by atoms with E-state index in [2.05, 4.69) is 17.1 Å². The minimum atomic E-state index is -0.987. The molecule has 8 heteroatoms. The molecule has 1 N–H and O–H groups in total. The van der Waals surface area contributed by atoms with E-state index < -0.39 is 11.6 Å². The summed E-state index contributed by atoms with van der Waals surface area (Å²) in [5.74, 6) is -2.00. The van der Waals surface area contributed by atoms with Gasteiger partial charge in [0, 0.05) is 50.5 Å². The van der Waals surface area contributed by atoms with Gasteiger partial charge in [-0.2, -0.15) is 0 Å². The Morgan fingerprint density at radius 3 is 2.32 bits per heavy atom. The molecule has 154 valence electrons. The molecule has 2 heterocycles. The highest BCUT2D eigenvalue weighted by Gasteiger charge is 2.26. The van der Waals surface area contributed by atoms with Crippen molar-refractivity contribution in [2.75, 3.05) is 51.1 Å². The fourth-order valence-electron chi connectivity index (χ4n) is 3.83. The van der Waals surface area contributed by atoms with Crippen LogP contribution in [0.3, 0.4) is 0 Å². The first-order valence-corrected chi connectivity index (χ1v) is 9.91. The molecule has 0 aromatic heterocycles. The molecule has 1 aromatic rings. The number of carbonyl (C=O) groups is 2. The Morgan fingerprint density at radius 1 is 1.00 bits per heavy atom. The third-order valence-electron chi connectivity index (χ3n) is 5.52. The lowest BCUT2D eigenvalue weighted by Crippen LogP contribution is -2.53. The van der Waals surface area contributed by atoms with Crippen LogP contribution in [0.25, 0.3) is 0 Å². The second kappa shape index (κ2) is 9.43. The number of rotatable bonds is 5. The molecule has 3 rings (SSSR count). The van der Waals surface area contributed by atoms with Gasteiger partial charge < -0.3 is 10.2 Å². The summed E-state index contributed by atoms with van der Waals surface area (Å²) in [5, 5.41) is 2.59. The number of halogens is 2. The van der Waals surface area contributed by atoms with E-state index in [1.165, 1.54) is 12.5 Å². The van der Waals surface area contributed by atoms with Crippen molar-refractivity contribution in [1.29, 1.82) is 0 Å². The van der Waals surface area contributed by atoms with Gasteiger partial charge in [-0.1, -0.05) is 0 Å². The predicted molar refractivity (Wildman–Crippen MR) is 103 cm³/mol. The van der Waals surface area contributed by atoms with Crippen molar-refractivity contribution in [3.05, 3.63) is 29.8 Å². The summed E-state index contributed by atoms with van der Waals surface area (Å²) in [7, 11) is 0. The minimum absolute atomic E-state index is 0.184. The summed E-state index contributed by atoms with van der Waals surface area (Å²) < 4.78 is 26.2. The van der Waals surface area contributed by atoms with Crippen LogP contribution < -0.4 is 5.32 Å². The van der Waals surface area contributed by atoms with Gasteiger partial charge in [-0.15, -0.1) is 0 Å². The summed E-state index contributed by atoms with van der Waals surface area (Å²) in [4.78, 5) is 30.8. The number of hydrogen-bond acceptors (Lipinski definition) is 4. The van der Waals surface area contributed by atoms with Crippen molar-refractivity contribution in [2.24, 2.45) is 0 Å². The molecule has 1 aromatic carbocycles. The summed E-state index contributed by atoms with van der Waals surface area (Å²) >= 11 is 0. The van der Waals surface area contributed by atoms with Crippen molar-refractivity contribution in [1.82, 2.24) is 14.7 Å². The van der Waals surface area contributed by atoms with Crippen molar-refractivity contribution in [3.8, 4) is 0 Å². The van der Waals surface area contributed by atoms with Crippen LogP contribution in [0.1, 0.15) is 26.2 Å². The molecule has 2 fully saturated rings. The first-order valence-electron chi connectivity index (χ1n) is 9.91. The summed E-state index contributed by atoms with van der Waals surface area (Å²) in [6.07, 6.45) is 3.35. The van der Waals surface area contributed by atoms with Crippen molar-refractivity contribution in [3.63, 3.8) is 0 Å². The number of benzene rings is 1. The molecule has 0 saturated carbocycles. The number of piperazine rings is 1. The molecule has 2 aliphatic rings.